The van der Waals surface area contributed by atoms with Crippen LogP contribution in [-0.4, -0.2) is 21.8 Å². The molecular weight excluding hydrogens is 290 g/mol. The quantitative estimate of drug-likeness (QED) is 0.712. The number of aromatic nitrogens is 2. The number of imidazole rings is 1. The molecule has 0 bridgehead atoms. The highest BCUT2D eigenvalue weighted by atomic mass is 16.5. The van der Waals surface area contributed by atoms with E-state index in [1.807, 2.05) is 41.1 Å². The van der Waals surface area contributed by atoms with Crippen LogP contribution in [0.1, 0.15) is 16.1 Å². The summed E-state index contributed by atoms with van der Waals surface area (Å²) in [5.41, 5.74) is 2.17. The maximum absolute atomic E-state index is 12.1. The second-order valence-electron chi connectivity index (χ2n) is 4.98. The van der Waals surface area contributed by atoms with Gasteiger partial charge < -0.3 is 14.5 Å². The van der Waals surface area contributed by atoms with E-state index in [0.717, 1.165) is 11.3 Å². The van der Waals surface area contributed by atoms with Gasteiger partial charge in [0, 0.05) is 18.9 Å². The number of carbonyl (C=O) groups is 1. The highest BCUT2D eigenvalue weighted by molar-refractivity contribution is 5.96. The van der Waals surface area contributed by atoms with Crippen molar-refractivity contribution in [3.8, 4) is 5.75 Å². The summed E-state index contributed by atoms with van der Waals surface area (Å²) in [5.74, 6) is 0.349. The Morgan fingerprint density at radius 2 is 2.09 bits per heavy atom. The first-order valence-electron chi connectivity index (χ1n) is 7.31. The van der Waals surface area contributed by atoms with Gasteiger partial charge in [-0.15, -0.1) is 6.58 Å². The molecule has 0 saturated heterocycles. The predicted molar refractivity (Wildman–Crippen MR) is 88.5 cm³/mol. The highest BCUT2D eigenvalue weighted by Crippen LogP contribution is 2.19. The van der Waals surface area contributed by atoms with Crippen LogP contribution < -0.4 is 10.1 Å². The van der Waals surface area contributed by atoms with E-state index >= 15 is 0 Å². The average Bonchev–Trinajstić information content (AvgIpc) is 3.01. The van der Waals surface area contributed by atoms with Gasteiger partial charge in [0.1, 0.15) is 18.0 Å². The molecule has 0 aliphatic carbocycles. The summed E-state index contributed by atoms with van der Waals surface area (Å²) in [4.78, 5) is 16.6. The SMILES string of the molecule is C=CCNC(=O)c1ccccc1OCc1cn2ccccc2n1. The fourth-order valence-electron chi connectivity index (χ4n) is 2.25. The van der Waals surface area contributed by atoms with Crippen molar-refractivity contribution in [2.75, 3.05) is 6.54 Å². The maximum atomic E-state index is 12.1. The van der Waals surface area contributed by atoms with Crippen LogP contribution in [0.5, 0.6) is 5.75 Å². The number of benzene rings is 1. The summed E-state index contributed by atoms with van der Waals surface area (Å²) in [6, 6.07) is 13.0. The standard InChI is InChI=1S/C18H17N3O2/c1-2-10-19-18(22)15-7-3-4-8-16(15)23-13-14-12-21-11-6-5-9-17(21)20-14/h2-9,11-12H,1,10,13H2,(H,19,22). The number of hydrogen-bond donors (Lipinski definition) is 1. The maximum Gasteiger partial charge on any atom is 0.255 e. The third-order valence-corrected chi connectivity index (χ3v) is 3.33. The number of pyridine rings is 1. The van der Waals surface area contributed by atoms with Crippen molar-refractivity contribution in [3.05, 3.63) is 78.8 Å². The molecule has 3 rings (SSSR count). The third kappa shape index (κ3) is 3.40. The van der Waals surface area contributed by atoms with Crippen LogP contribution in [0.3, 0.4) is 0 Å². The van der Waals surface area contributed by atoms with Crippen LogP contribution in [0.15, 0.2) is 67.5 Å². The van der Waals surface area contributed by atoms with Crippen molar-refractivity contribution in [3.63, 3.8) is 0 Å². The molecular formula is C18H17N3O2. The second kappa shape index (κ2) is 6.79. The molecule has 0 radical (unpaired) electrons. The summed E-state index contributed by atoms with van der Waals surface area (Å²) >= 11 is 0. The number of amides is 1. The highest BCUT2D eigenvalue weighted by Gasteiger charge is 2.12. The molecule has 2 aromatic heterocycles. The topological polar surface area (TPSA) is 55.6 Å². The number of nitrogens with zero attached hydrogens (tertiary/aromatic N) is 2. The average molecular weight is 307 g/mol. The van der Waals surface area contributed by atoms with Crippen molar-refractivity contribution in [1.29, 1.82) is 0 Å². The van der Waals surface area contributed by atoms with E-state index in [-0.39, 0.29) is 5.91 Å². The summed E-state index contributed by atoms with van der Waals surface area (Å²) in [6.07, 6.45) is 5.48. The van der Waals surface area contributed by atoms with Crippen LogP contribution in [0, 0.1) is 0 Å². The van der Waals surface area contributed by atoms with Gasteiger partial charge in [0.25, 0.3) is 5.91 Å². The lowest BCUT2D eigenvalue weighted by atomic mass is 10.2. The molecule has 0 fully saturated rings. The minimum Gasteiger partial charge on any atom is -0.486 e. The Balaban J connectivity index is 1.75. The Kier molecular flexibility index (Phi) is 4.38. The van der Waals surface area contributed by atoms with E-state index in [1.165, 1.54) is 0 Å². The molecule has 23 heavy (non-hydrogen) atoms. The summed E-state index contributed by atoms with van der Waals surface area (Å²) in [5, 5.41) is 2.75. The van der Waals surface area contributed by atoms with Gasteiger partial charge >= 0.3 is 0 Å². The number of carbonyl (C=O) groups excluding carboxylic acids is 1. The third-order valence-electron chi connectivity index (χ3n) is 3.33. The second-order valence-corrected chi connectivity index (χ2v) is 4.98. The van der Waals surface area contributed by atoms with Crippen molar-refractivity contribution >= 4 is 11.6 Å². The van der Waals surface area contributed by atoms with Crippen molar-refractivity contribution in [2.24, 2.45) is 0 Å². The molecule has 0 spiro atoms. The van der Waals surface area contributed by atoms with Gasteiger partial charge in [-0.2, -0.15) is 0 Å². The van der Waals surface area contributed by atoms with E-state index in [0.29, 0.717) is 24.5 Å². The number of hydrogen-bond acceptors (Lipinski definition) is 3. The fraction of sp³-hybridized carbons (Fsp3) is 0.111. The Labute approximate surface area is 134 Å². The van der Waals surface area contributed by atoms with Crippen LogP contribution in [0.2, 0.25) is 0 Å². The predicted octanol–water partition coefficient (Wildman–Crippen LogP) is 2.83. The first kappa shape index (κ1) is 14.8. The summed E-state index contributed by atoms with van der Waals surface area (Å²) < 4.78 is 7.72. The van der Waals surface area contributed by atoms with Crippen LogP contribution in [0.4, 0.5) is 0 Å². The van der Waals surface area contributed by atoms with Gasteiger partial charge in [-0.1, -0.05) is 24.3 Å². The van der Waals surface area contributed by atoms with E-state index in [9.17, 15) is 4.79 Å². The van der Waals surface area contributed by atoms with Gasteiger partial charge in [-0.3, -0.25) is 4.79 Å². The number of nitrogens with one attached hydrogen (secondary N) is 1. The van der Waals surface area contributed by atoms with Gasteiger partial charge in [0.2, 0.25) is 0 Å². The minimum absolute atomic E-state index is 0.185. The molecule has 0 atom stereocenters. The molecule has 116 valence electrons. The molecule has 5 nitrogen and oxygen atoms in total. The molecule has 0 aliphatic rings. The number of ether oxygens (including phenoxy) is 1. The van der Waals surface area contributed by atoms with Crippen molar-refractivity contribution in [2.45, 2.75) is 6.61 Å². The lowest BCUT2D eigenvalue weighted by Crippen LogP contribution is -2.23. The number of fused-ring (bicyclic) bond motifs is 1. The Hall–Kier alpha value is -3.08. The van der Waals surface area contributed by atoms with Gasteiger partial charge in [-0.05, 0) is 24.3 Å². The van der Waals surface area contributed by atoms with Gasteiger partial charge in [0.05, 0.1) is 11.3 Å². The van der Waals surface area contributed by atoms with E-state index in [4.69, 9.17) is 4.74 Å². The van der Waals surface area contributed by atoms with Crippen LogP contribution in [0.25, 0.3) is 5.65 Å². The first-order chi connectivity index (χ1) is 11.3. The van der Waals surface area contributed by atoms with E-state index in [2.05, 4.69) is 16.9 Å². The number of para-hydroxylation sites is 1. The smallest absolute Gasteiger partial charge is 0.255 e. The summed E-state index contributed by atoms with van der Waals surface area (Å²) in [7, 11) is 0. The molecule has 5 heteroatoms. The largest absolute Gasteiger partial charge is 0.486 e. The molecule has 0 unspecified atom stereocenters. The lowest BCUT2D eigenvalue weighted by molar-refractivity contribution is 0.0953. The zero-order valence-electron chi connectivity index (χ0n) is 12.6. The molecule has 3 aromatic rings. The fourth-order valence-corrected chi connectivity index (χ4v) is 2.25. The van der Waals surface area contributed by atoms with E-state index in [1.54, 1.807) is 24.3 Å². The zero-order valence-corrected chi connectivity index (χ0v) is 12.6. The Bertz CT molecular complexity index is 806. The minimum atomic E-state index is -0.185. The van der Waals surface area contributed by atoms with Crippen molar-refractivity contribution < 1.29 is 9.53 Å². The molecule has 0 aliphatic heterocycles. The Morgan fingerprint density at radius 1 is 1.26 bits per heavy atom. The summed E-state index contributed by atoms with van der Waals surface area (Å²) in [6.45, 7) is 4.30. The zero-order chi connectivity index (χ0) is 16.1. The molecule has 0 saturated carbocycles. The van der Waals surface area contributed by atoms with Crippen molar-refractivity contribution in [1.82, 2.24) is 14.7 Å². The monoisotopic (exact) mass is 307 g/mol. The van der Waals surface area contributed by atoms with Gasteiger partial charge in [-0.25, -0.2) is 4.98 Å². The molecule has 1 N–H and O–H groups in total. The van der Waals surface area contributed by atoms with Gasteiger partial charge in [0.15, 0.2) is 0 Å². The van der Waals surface area contributed by atoms with E-state index < -0.39 is 0 Å². The lowest BCUT2D eigenvalue weighted by Gasteiger charge is -2.10. The molecule has 1 amide bonds. The Morgan fingerprint density at radius 3 is 2.91 bits per heavy atom. The van der Waals surface area contributed by atoms with Crippen LogP contribution in [-0.2, 0) is 6.61 Å². The first-order valence-corrected chi connectivity index (χ1v) is 7.31. The van der Waals surface area contributed by atoms with Crippen LogP contribution >= 0.6 is 0 Å². The normalized spacial score (nSPS) is 10.4. The molecule has 2 heterocycles. The molecule has 1 aromatic carbocycles. The number of rotatable bonds is 6.